The van der Waals surface area contributed by atoms with Crippen LogP contribution in [0.25, 0.3) is 0 Å². The SMILES string of the molecule is C=C(C)C(=O)OCC(C)(C)C(C)(C)OC1(C)COC(C)(O)C1. The van der Waals surface area contributed by atoms with E-state index < -0.39 is 28.4 Å². The lowest BCUT2D eigenvalue weighted by atomic mass is 9.77. The average molecular weight is 314 g/mol. The Bertz CT molecular complexity index is 450. The van der Waals surface area contributed by atoms with E-state index in [1.54, 1.807) is 13.8 Å². The van der Waals surface area contributed by atoms with Crippen LogP contribution < -0.4 is 0 Å². The number of hydrogen-bond donors (Lipinski definition) is 1. The molecule has 1 aliphatic rings. The van der Waals surface area contributed by atoms with E-state index in [0.717, 1.165) is 0 Å². The van der Waals surface area contributed by atoms with Gasteiger partial charge in [0.15, 0.2) is 5.79 Å². The molecule has 22 heavy (non-hydrogen) atoms. The van der Waals surface area contributed by atoms with E-state index in [4.69, 9.17) is 14.2 Å². The molecule has 0 aromatic heterocycles. The molecule has 1 fully saturated rings. The number of hydrogen-bond acceptors (Lipinski definition) is 5. The largest absolute Gasteiger partial charge is 0.462 e. The second kappa shape index (κ2) is 5.95. The molecule has 128 valence electrons. The monoisotopic (exact) mass is 314 g/mol. The molecule has 0 aliphatic carbocycles. The zero-order chi connectivity index (χ0) is 17.4. The Balaban J connectivity index is 2.75. The maximum Gasteiger partial charge on any atom is 0.333 e. The Morgan fingerprint density at radius 2 is 1.86 bits per heavy atom. The van der Waals surface area contributed by atoms with Crippen LogP contribution >= 0.6 is 0 Å². The quantitative estimate of drug-likeness (QED) is 0.603. The van der Waals surface area contributed by atoms with Gasteiger partial charge in [-0.25, -0.2) is 4.79 Å². The standard InChI is InChI=1S/C17H30O5/c1-12(2)13(18)20-10-14(3,4)15(5,6)22-16(7)9-17(8,19)21-11-16/h19H,1,9-11H2,2-8H3. The van der Waals surface area contributed by atoms with E-state index in [0.29, 0.717) is 18.6 Å². The molecule has 0 aromatic carbocycles. The van der Waals surface area contributed by atoms with Crippen LogP contribution in [0.3, 0.4) is 0 Å². The molecule has 2 atom stereocenters. The summed E-state index contributed by atoms with van der Waals surface area (Å²) in [6.07, 6.45) is 0.394. The first-order chi connectivity index (χ1) is 9.70. The molecule has 0 spiro atoms. The molecule has 0 amide bonds. The van der Waals surface area contributed by atoms with Crippen molar-refractivity contribution < 1.29 is 24.1 Å². The van der Waals surface area contributed by atoms with Crippen LogP contribution in [0, 0.1) is 5.41 Å². The van der Waals surface area contributed by atoms with Gasteiger partial charge in [0.05, 0.1) is 24.4 Å². The molecule has 0 bridgehead atoms. The van der Waals surface area contributed by atoms with Crippen LogP contribution in [0.15, 0.2) is 12.2 Å². The van der Waals surface area contributed by atoms with Gasteiger partial charge in [-0.05, 0) is 34.6 Å². The summed E-state index contributed by atoms with van der Waals surface area (Å²) in [5.41, 5.74) is -1.21. The average Bonchev–Trinajstić information content (AvgIpc) is 2.58. The number of carbonyl (C=O) groups is 1. The molecule has 5 nitrogen and oxygen atoms in total. The van der Waals surface area contributed by atoms with Gasteiger partial charge in [0.1, 0.15) is 0 Å². The smallest absolute Gasteiger partial charge is 0.333 e. The van der Waals surface area contributed by atoms with Crippen LogP contribution in [0.2, 0.25) is 0 Å². The van der Waals surface area contributed by atoms with Crippen molar-refractivity contribution in [2.45, 2.75) is 71.9 Å². The third kappa shape index (κ3) is 4.54. The summed E-state index contributed by atoms with van der Waals surface area (Å²) in [6, 6.07) is 0. The zero-order valence-corrected chi connectivity index (χ0v) is 14.9. The first kappa shape index (κ1) is 19.1. The predicted molar refractivity (Wildman–Crippen MR) is 84.3 cm³/mol. The molecule has 1 rings (SSSR count). The summed E-state index contributed by atoms with van der Waals surface area (Å²) in [4.78, 5) is 11.6. The Kier molecular flexibility index (Phi) is 5.17. The van der Waals surface area contributed by atoms with Gasteiger partial charge in [-0.15, -0.1) is 0 Å². The van der Waals surface area contributed by atoms with Crippen molar-refractivity contribution in [3.63, 3.8) is 0 Å². The van der Waals surface area contributed by atoms with Crippen molar-refractivity contribution in [2.75, 3.05) is 13.2 Å². The van der Waals surface area contributed by atoms with Crippen molar-refractivity contribution in [3.05, 3.63) is 12.2 Å². The minimum absolute atomic E-state index is 0.221. The van der Waals surface area contributed by atoms with E-state index in [1.807, 2.05) is 34.6 Å². The summed E-state index contributed by atoms with van der Waals surface area (Å²) in [5.74, 6) is -1.57. The highest BCUT2D eigenvalue weighted by Gasteiger charge is 2.50. The molecule has 0 saturated carbocycles. The Labute approximate surface area is 133 Å². The van der Waals surface area contributed by atoms with E-state index >= 15 is 0 Å². The molecule has 1 aliphatic heterocycles. The molecule has 1 heterocycles. The molecule has 1 N–H and O–H groups in total. The molecular formula is C17H30O5. The normalized spacial score (nSPS) is 29.5. The van der Waals surface area contributed by atoms with Gasteiger partial charge >= 0.3 is 5.97 Å². The summed E-state index contributed by atoms with van der Waals surface area (Å²) < 4.78 is 17.0. The van der Waals surface area contributed by atoms with Crippen molar-refractivity contribution in [1.82, 2.24) is 0 Å². The van der Waals surface area contributed by atoms with E-state index in [2.05, 4.69) is 6.58 Å². The predicted octanol–water partition coefficient (Wildman–Crippen LogP) is 2.81. The van der Waals surface area contributed by atoms with E-state index in [-0.39, 0.29) is 6.61 Å². The van der Waals surface area contributed by atoms with Gasteiger partial charge < -0.3 is 19.3 Å². The third-order valence-corrected chi connectivity index (χ3v) is 4.43. The van der Waals surface area contributed by atoms with Crippen LogP contribution in [0.1, 0.15) is 54.9 Å². The van der Waals surface area contributed by atoms with Crippen molar-refractivity contribution in [1.29, 1.82) is 0 Å². The lowest BCUT2D eigenvalue weighted by molar-refractivity contribution is -0.194. The Morgan fingerprint density at radius 3 is 2.27 bits per heavy atom. The van der Waals surface area contributed by atoms with Crippen molar-refractivity contribution in [3.8, 4) is 0 Å². The summed E-state index contributed by atoms with van der Waals surface area (Å²) >= 11 is 0. The van der Waals surface area contributed by atoms with Crippen molar-refractivity contribution in [2.24, 2.45) is 5.41 Å². The molecular weight excluding hydrogens is 284 g/mol. The lowest BCUT2D eigenvalue weighted by Crippen LogP contribution is -2.51. The van der Waals surface area contributed by atoms with E-state index in [1.165, 1.54) is 0 Å². The van der Waals surface area contributed by atoms with Crippen LogP contribution in [-0.2, 0) is 19.0 Å². The first-order valence-corrected chi connectivity index (χ1v) is 7.59. The summed E-state index contributed by atoms with van der Waals surface area (Å²) in [7, 11) is 0. The second-order valence-electron chi connectivity index (χ2n) is 7.94. The topological polar surface area (TPSA) is 65.0 Å². The van der Waals surface area contributed by atoms with Crippen LogP contribution in [-0.4, -0.2) is 41.3 Å². The Morgan fingerprint density at radius 1 is 1.32 bits per heavy atom. The fourth-order valence-corrected chi connectivity index (χ4v) is 2.47. The van der Waals surface area contributed by atoms with Gasteiger partial charge in [-0.3, -0.25) is 0 Å². The lowest BCUT2D eigenvalue weighted by Gasteiger charge is -2.45. The highest BCUT2D eigenvalue weighted by molar-refractivity contribution is 5.86. The van der Waals surface area contributed by atoms with Crippen LogP contribution in [0.5, 0.6) is 0 Å². The highest BCUT2D eigenvalue weighted by Crippen LogP contribution is 2.42. The zero-order valence-electron chi connectivity index (χ0n) is 14.9. The summed E-state index contributed by atoms with van der Waals surface area (Å²) in [6.45, 7) is 17.2. The number of esters is 1. The van der Waals surface area contributed by atoms with Gasteiger partial charge in [0.25, 0.3) is 0 Å². The minimum Gasteiger partial charge on any atom is -0.462 e. The Hall–Kier alpha value is -0.910. The van der Waals surface area contributed by atoms with Gasteiger partial charge in [-0.1, -0.05) is 20.4 Å². The van der Waals surface area contributed by atoms with Gasteiger partial charge in [0.2, 0.25) is 0 Å². The van der Waals surface area contributed by atoms with Gasteiger partial charge in [-0.2, -0.15) is 0 Å². The number of aliphatic hydroxyl groups is 1. The summed E-state index contributed by atoms with van der Waals surface area (Å²) in [5, 5.41) is 9.99. The molecule has 1 saturated heterocycles. The fraction of sp³-hybridized carbons (Fsp3) is 0.824. The number of ether oxygens (including phenoxy) is 3. The minimum atomic E-state index is -1.17. The maximum atomic E-state index is 11.6. The van der Waals surface area contributed by atoms with Crippen molar-refractivity contribution >= 4 is 5.97 Å². The molecule has 2 unspecified atom stereocenters. The third-order valence-electron chi connectivity index (χ3n) is 4.43. The highest BCUT2D eigenvalue weighted by atomic mass is 16.7. The first-order valence-electron chi connectivity index (χ1n) is 7.59. The van der Waals surface area contributed by atoms with E-state index in [9.17, 15) is 9.90 Å². The van der Waals surface area contributed by atoms with Gasteiger partial charge in [0, 0.05) is 17.4 Å². The molecule has 0 radical (unpaired) electrons. The maximum absolute atomic E-state index is 11.6. The fourth-order valence-electron chi connectivity index (χ4n) is 2.47. The number of rotatable bonds is 6. The second-order valence-corrected chi connectivity index (χ2v) is 7.94. The number of carbonyl (C=O) groups excluding carboxylic acids is 1. The molecule has 0 aromatic rings. The van der Waals surface area contributed by atoms with Crippen LogP contribution in [0.4, 0.5) is 0 Å². The molecule has 5 heteroatoms.